The molecule has 0 atom stereocenters. The van der Waals surface area contributed by atoms with Crippen molar-refractivity contribution in [2.45, 2.75) is 6.54 Å². The van der Waals surface area contributed by atoms with Crippen molar-refractivity contribution in [1.82, 2.24) is 4.98 Å². The molecule has 82 valence electrons. The lowest BCUT2D eigenvalue weighted by Gasteiger charge is -2.07. The first-order chi connectivity index (χ1) is 7.75. The van der Waals surface area contributed by atoms with Gasteiger partial charge in [-0.15, -0.1) is 0 Å². The lowest BCUT2D eigenvalue weighted by molar-refractivity contribution is 1.13. The van der Waals surface area contributed by atoms with Crippen molar-refractivity contribution in [3.05, 3.63) is 57.8 Å². The Hall–Kier alpha value is -1.06. The number of benzene rings is 1. The van der Waals surface area contributed by atoms with E-state index in [9.17, 15) is 0 Å². The van der Waals surface area contributed by atoms with Crippen LogP contribution in [0.2, 0.25) is 5.02 Å². The van der Waals surface area contributed by atoms with Crippen LogP contribution in [0.4, 0.5) is 5.69 Å². The predicted octanol–water partition coefficient (Wildman–Crippen LogP) is 4.11. The Morgan fingerprint density at radius 3 is 2.62 bits per heavy atom. The molecule has 0 aliphatic heterocycles. The molecule has 0 amide bonds. The number of anilines is 1. The molecule has 2 nitrogen and oxygen atoms in total. The molecule has 4 heteroatoms. The van der Waals surface area contributed by atoms with Crippen LogP contribution in [0.3, 0.4) is 0 Å². The predicted molar refractivity (Wildman–Crippen MR) is 70.7 cm³/mol. The molecule has 2 aromatic rings. The van der Waals surface area contributed by atoms with Crippen LogP contribution in [0.1, 0.15) is 5.56 Å². The Labute approximate surface area is 108 Å². The fourth-order valence-electron chi connectivity index (χ4n) is 1.31. The third-order valence-electron chi connectivity index (χ3n) is 2.18. The minimum absolute atomic E-state index is 0.687. The first kappa shape index (κ1) is 11.4. The number of rotatable bonds is 3. The van der Waals surface area contributed by atoms with Crippen LogP contribution in [0.5, 0.6) is 0 Å². The summed E-state index contributed by atoms with van der Waals surface area (Å²) in [5.74, 6) is 0. The second-order valence-electron chi connectivity index (χ2n) is 3.33. The van der Waals surface area contributed by atoms with Crippen LogP contribution in [0.25, 0.3) is 0 Å². The highest BCUT2D eigenvalue weighted by molar-refractivity contribution is 9.10. The summed E-state index contributed by atoms with van der Waals surface area (Å²) in [5, 5.41) is 3.98. The van der Waals surface area contributed by atoms with E-state index in [1.165, 1.54) is 0 Å². The number of nitrogens with zero attached hydrogens (tertiary/aromatic N) is 1. The SMILES string of the molecule is Clc1cnccc1CNc1ccc(Br)cc1. The van der Waals surface area contributed by atoms with Gasteiger partial charge in [-0.25, -0.2) is 0 Å². The lowest BCUT2D eigenvalue weighted by Crippen LogP contribution is -1.99. The van der Waals surface area contributed by atoms with Crippen LogP contribution in [0, 0.1) is 0 Å². The fraction of sp³-hybridized carbons (Fsp3) is 0.0833. The maximum Gasteiger partial charge on any atom is 0.0639 e. The molecule has 1 N–H and O–H groups in total. The van der Waals surface area contributed by atoms with E-state index in [2.05, 4.69) is 26.2 Å². The van der Waals surface area contributed by atoms with Crippen LogP contribution < -0.4 is 5.32 Å². The summed E-state index contributed by atoms with van der Waals surface area (Å²) in [6.07, 6.45) is 3.39. The van der Waals surface area contributed by atoms with Gasteiger partial charge in [-0.1, -0.05) is 27.5 Å². The highest BCUT2D eigenvalue weighted by atomic mass is 79.9. The van der Waals surface area contributed by atoms with Crippen LogP contribution in [-0.2, 0) is 6.54 Å². The highest BCUT2D eigenvalue weighted by Crippen LogP contribution is 2.17. The average Bonchev–Trinajstić information content (AvgIpc) is 2.30. The molecular formula is C12H10BrClN2. The Balaban J connectivity index is 2.02. The van der Waals surface area contributed by atoms with E-state index in [0.29, 0.717) is 11.6 Å². The minimum atomic E-state index is 0.687. The van der Waals surface area contributed by atoms with Crippen molar-refractivity contribution < 1.29 is 0 Å². The molecule has 1 heterocycles. The second-order valence-corrected chi connectivity index (χ2v) is 4.65. The zero-order valence-corrected chi connectivity index (χ0v) is 10.8. The maximum atomic E-state index is 6.01. The van der Waals surface area contributed by atoms with E-state index in [-0.39, 0.29) is 0 Å². The molecule has 1 aromatic carbocycles. The maximum absolute atomic E-state index is 6.01. The van der Waals surface area contributed by atoms with Gasteiger partial charge in [-0.3, -0.25) is 4.98 Å². The van der Waals surface area contributed by atoms with Gasteiger partial charge in [0.2, 0.25) is 0 Å². The van der Waals surface area contributed by atoms with E-state index in [1.807, 2.05) is 30.3 Å². The molecule has 0 saturated heterocycles. The van der Waals surface area contributed by atoms with Gasteiger partial charge in [-0.2, -0.15) is 0 Å². The molecule has 0 saturated carbocycles. The Bertz CT molecular complexity index is 471. The third-order valence-corrected chi connectivity index (χ3v) is 3.05. The normalized spacial score (nSPS) is 10.1. The van der Waals surface area contributed by atoms with Crippen LogP contribution in [-0.4, -0.2) is 4.98 Å². The zero-order chi connectivity index (χ0) is 11.4. The largest absolute Gasteiger partial charge is 0.381 e. The van der Waals surface area contributed by atoms with Crippen molar-refractivity contribution in [3.63, 3.8) is 0 Å². The van der Waals surface area contributed by atoms with Crippen molar-refractivity contribution in [2.75, 3.05) is 5.32 Å². The summed E-state index contributed by atoms with van der Waals surface area (Å²) in [4.78, 5) is 3.95. The molecule has 1 aromatic heterocycles. The molecule has 0 fully saturated rings. The molecule has 0 aliphatic carbocycles. The number of aromatic nitrogens is 1. The molecule has 16 heavy (non-hydrogen) atoms. The number of hydrogen-bond acceptors (Lipinski definition) is 2. The van der Waals surface area contributed by atoms with Crippen molar-refractivity contribution >= 4 is 33.2 Å². The Morgan fingerprint density at radius 1 is 1.19 bits per heavy atom. The van der Waals surface area contributed by atoms with E-state index in [1.54, 1.807) is 12.4 Å². The van der Waals surface area contributed by atoms with E-state index >= 15 is 0 Å². The van der Waals surface area contributed by atoms with Crippen LogP contribution >= 0.6 is 27.5 Å². The Kier molecular flexibility index (Phi) is 3.80. The summed E-state index contributed by atoms with van der Waals surface area (Å²) in [6, 6.07) is 9.93. The smallest absolute Gasteiger partial charge is 0.0639 e. The quantitative estimate of drug-likeness (QED) is 0.922. The first-order valence-electron chi connectivity index (χ1n) is 4.83. The van der Waals surface area contributed by atoms with Gasteiger partial charge >= 0.3 is 0 Å². The fourth-order valence-corrected chi connectivity index (χ4v) is 1.76. The van der Waals surface area contributed by atoms with Gasteiger partial charge in [0.05, 0.1) is 5.02 Å². The van der Waals surface area contributed by atoms with E-state index in [4.69, 9.17) is 11.6 Å². The van der Waals surface area contributed by atoms with Gasteiger partial charge in [0.15, 0.2) is 0 Å². The second kappa shape index (κ2) is 5.32. The van der Waals surface area contributed by atoms with Crippen molar-refractivity contribution in [2.24, 2.45) is 0 Å². The molecular weight excluding hydrogens is 288 g/mol. The minimum Gasteiger partial charge on any atom is -0.381 e. The number of pyridine rings is 1. The summed E-state index contributed by atoms with van der Waals surface area (Å²) in [7, 11) is 0. The number of hydrogen-bond donors (Lipinski definition) is 1. The summed E-state index contributed by atoms with van der Waals surface area (Å²) in [6.45, 7) is 0.697. The topological polar surface area (TPSA) is 24.9 Å². The number of halogens is 2. The summed E-state index contributed by atoms with van der Waals surface area (Å²) in [5.41, 5.74) is 2.11. The van der Waals surface area contributed by atoms with Gasteiger partial charge in [-0.05, 0) is 35.9 Å². The third kappa shape index (κ3) is 2.97. The number of nitrogens with one attached hydrogen (secondary N) is 1. The molecule has 0 spiro atoms. The lowest BCUT2D eigenvalue weighted by atomic mass is 10.2. The first-order valence-corrected chi connectivity index (χ1v) is 6.00. The van der Waals surface area contributed by atoms with Gasteiger partial charge in [0.1, 0.15) is 0 Å². The molecule has 2 rings (SSSR count). The highest BCUT2D eigenvalue weighted by Gasteiger charge is 1.99. The van der Waals surface area contributed by atoms with Crippen molar-refractivity contribution in [1.29, 1.82) is 0 Å². The summed E-state index contributed by atoms with van der Waals surface area (Å²) < 4.78 is 1.07. The Morgan fingerprint density at radius 2 is 1.94 bits per heavy atom. The van der Waals surface area contributed by atoms with Gasteiger partial charge < -0.3 is 5.32 Å². The van der Waals surface area contributed by atoms with Crippen LogP contribution in [0.15, 0.2) is 47.2 Å². The molecule has 0 aliphatic rings. The monoisotopic (exact) mass is 296 g/mol. The summed E-state index contributed by atoms with van der Waals surface area (Å²) >= 11 is 9.40. The van der Waals surface area contributed by atoms with Gasteiger partial charge in [0, 0.05) is 29.1 Å². The van der Waals surface area contributed by atoms with E-state index < -0.39 is 0 Å². The molecule has 0 bridgehead atoms. The average molecular weight is 298 g/mol. The van der Waals surface area contributed by atoms with Gasteiger partial charge in [0.25, 0.3) is 0 Å². The standard InChI is InChI=1S/C12H10BrClN2/c13-10-1-3-11(4-2-10)16-7-9-5-6-15-8-12(9)14/h1-6,8,16H,7H2. The molecule has 0 unspecified atom stereocenters. The van der Waals surface area contributed by atoms with Crippen molar-refractivity contribution in [3.8, 4) is 0 Å². The zero-order valence-electron chi connectivity index (χ0n) is 8.45. The molecule has 0 radical (unpaired) electrons. The van der Waals surface area contributed by atoms with E-state index in [0.717, 1.165) is 15.7 Å².